The van der Waals surface area contributed by atoms with Crippen LogP contribution in [0.2, 0.25) is 0 Å². The summed E-state index contributed by atoms with van der Waals surface area (Å²) in [5.74, 6) is -3.07. The average Bonchev–Trinajstić information content (AvgIpc) is 3.31. The lowest BCUT2D eigenvalue weighted by atomic mass is 10.0. The second-order valence-corrected chi connectivity index (χ2v) is 8.81. The number of urea groups is 1. The average molecular weight is 521 g/mol. The molecule has 0 bridgehead atoms. The van der Waals surface area contributed by atoms with Crippen LogP contribution in [0.15, 0.2) is 36.4 Å². The number of imide groups is 1. The van der Waals surface area contributed by atoms with Gasteiger partial charge in [-0.25, -0.2) is 9.18 Å². The summed E-state index contributed by atoms with van der Waals surface area (Å²) in [5, 5.41) is 25.3. The Hall–Kier alpha value is -4.77. The van der Waals surface area contributed by atoms with Crippen LogP contribution in [0.1, 0.15) is 50.4 Å². The summed E-state index contributed by atoms with van der Waals surface area (Å²) in [6.45, 7) is 3.32. The summed E-state index contributed by atoms with van der Waals surface area (Å²) in [4.78, 5) is 51.5. The van der Waals surface area contributed by atoms with Crippen molar-refractivity contribution in [2.24, 2.45) is 0 Å². The number of aromatic amines is 1. The molecule has 0 radical (unpaired) electrons. The second-order valence-electron chi connectivity index (χ2n) is 8.81. The van der Waals surface area contributed by atoms with Gasteiger partial charge in [0, 0.05) is 29.1 Å². The number of halogens is 1. The van der Waals surface area contributed by atoms with E-state index in [9.17, 15) is 23.6 Å². The first kappa shape index (κ1) is 26.3. The lowest BCUT2D eigenvalue weighted by molar-refractivity contribution is -0.137. The SMILES string of the molecule is Cc1[nH]c(/C=C2\C(=O)Nc3cc(NC(=O)NC(=O)c4ccc(CO)cc4F)ccc32)c(C)c1CCC(=O)O. The number of amides is 4. The maximum atomic E-state index is 14.1. The van der Waals surface area contributed by atoms with Crippen LogP contribution >= 0.6 is 0 Å². The molecule has 1 aliphatic heterocycles. The van der Waals surface area contributed by atoms with E-state index >= 15 is 0 Å². The molecule has 0 aliphatic carbocycles. The van der Waals surface area contributed by atoms with Crippen LogP contribution in [0, 0.1) is 19.7 Å². The van der Waals surface area contributed by atoms with Crippen molar-refractivity contribution in [3.05, 3.63) is 81.4 Å². The Balaban J connectivity index is 1.49. The van der Waals surface area contributed by atoms with E-state index in [0.717, 1.165) is 22.9 Å². The molecule has 38 heavy (non-hydrogen) atoms. The summed E-state index contributed by atoms with van der Waals surface area (Å²) < 4.78 is 14.1. The van der Waals surface area contributed by atoms with Gasteiger partial charge in [-0.05, 0) is 67.3 Å². The van der Waals surface area contributed by atoms with Crippen molar-refractivity contribution < 1.29 is 33.8 Å². The molecule has 0 unspecified atom stereocenters. The number of benzene rings is 2. The number of aliphatic carboxylic acids is 1. The molecule has 0 fully saturated rings. The summed E-state index contributed by atoms with van der Waals surface area (Å²) in [6.07, 6.45) is 2.07. The number of H-pyrrole nitrogens is 1. The summed E-state index contributed by atoms with van der Waals surface area (Å²) in [5.41, 5.74) is 4.94. The van der Waals surface area contributed by atoms with E-state index in [1.165, 1.54) is 18.2 Å². The number of rotatable bonds is 7. The zero-order valence-electron chi connectivity index (χ0n) is 20.6. The molecule has 4 amide bonds. The smallest absolute Gasteiger partial charge is 0.326 e. The molecule has 3 aromatic rings. The van der Waals surface area contributed by atoms with Gasteiger partial charge < -0.3 is 25.8 Å². The molecule has 10 nitrogen and oxygen atoms in total. The lowest BCUT2D eigenvalue weighted by Gasteiger charge is -2.09. The van der Waals surface area contributed by atoms with Gasteiger partial charge in [0.15, 0.2) is 0 Å². The van der Waals surface area contributed by atoms with Crippen molar-refractivity contribution in [3.8, 4) is 0 Å². The van der Waals surface area contributed by atoms with Gasteiger partial charge in [0.1, 0.15) is 5.82 Å². The Morgan fingerprint density at radius 3 is 2.55 bits per heavy atom. The van der Waals surface area contributed by atoms with Crippen LogP contribution in [0.4, 0.5) is 20.6 Å². The van der Waals surface area contributed by atoms with E-state index in [-0.39, 0.29) is 35.7 Å². The highest BCUT2D eigenvalue weighted by Crippen LogP contribution is 2.36. The number of carboxylic acids is 1. The molecule has 2 heterocycles. The lowest BCUT2D eigenvalue weighted by Crippen LogP contribution is -2.34. The van der Waals surface area contributed by atoms with Crippen molar-refractivity contribution in [2.75, 3.05) is 10.6 Å². The van der Waals surface area contributed by atoms with Crippen molar-refractivity contribution in [3.63, 3.8) is 0 Å². The Morgan fingerprint density at radius 1 is 1.11 bits per heavy atom. The third-order valence-electron chi connectivity index (χ3n) is 6.26. The number of carboxylic acid groups (broad SMARTS) is 1. The molecule has 0 saturated carbocycles. The highest BCUT2D eigenvalue weighted by molar-refractivity contribution is 6.35. The molecule has 0 saturated heterocycles. The number of aliphatic hydroxyl groups is 1. The minimum Gasteiger partial charge on any atom is -0.481 e. The number of hydrogen-bond acceptors (Lipinski definition) is 5. The molecule has 11 heteroatoms. The van der Waals surface area contributed by atoms with Gasteiger partial charge >= 0.3 is 12.0 Å². The van der Waals surface area contributed by atoms with Crippen molar-refractivity contribution >= 4 is 46.8 Å². The van der Waals surface area contributed by atoms with Crippen LogP contribution in [0.3, 0.4) is 0 Å². The van der Waals surface area contributed by atoms with Gasteiger partial charge in [0.2, 0.25) is 0 Å². The van der Waals surface area contributed by atoms with Gasteiger partial charge in [0.05, 0.1) is 23.4 Å². The summed E-state index contributed by atoms with van der Waals surface area (Å²) in [6, 6.07) is 7.38. The van der Waals surface area contributed by atoms with E-state index < -0.39 is 23.7 Å². The van der Waals surface area contributed by atoms with Crippen LogP contribution in [-0.2, 0) is 22.6 Å². The fraction of sp³-hybridized carbons (Fsp3) is 0.185. The number of hydrogen-bond donors (Lipinski definition) is 6. The van der Waals surface area contributed by atoms with E-state index in [1.54, 1.807) is 18.2 Å². The first-order valence-electron chi connectivity index (χ1n) is 11.7. The van der Waals surface area contributed by atoms with Gasteiger partial charge in [0.25, 0.3) is 11.8 Å². The normalized spacial score (nSPS) is 13.3. The molecule has 196 valence electrons. The molecule has 4 rings (SSSR count). The Kier molecular flexibility index (Phi) is 7.40. The van der Waals surface area contributed by atoms with E-state index in [2.05, 4.69) is 15.6 Å². The molecule has 1 aliphatic rings. The molecule has 1 aromatic heterocycles. The second kappa shape index (κ2) is 10.7. The Labute approximate surface area is 216 Å². The van der Waals surface area contributed by atoms with Gasteiger partial charge in [-0.3, -0.25) is 19.7 Å². The summed E-state index contributed by atoms with van der Waals surface area (Å²) in [7, 11) is 0. The molecule has 6 N–H and O–H groups in total. The summed E-state index contributed by atoms with van der Waals surface area (Å²) >= 11 is 0. The third-order valence-corrected chi connectivity index (χ3v) is 6.26. The highest BCUT2D eigenvalue weighted by atomic mass is 19.1. The van der Waals surface area contributed by atoms with Crippen LogP contribution in [0.25, 0.3) is 11.6 Å². The van der Waals surface area contributed by atoms with Gasteiger partial charge in [-0.1, -0.05) is 12.1 Å². The number of anilines is 2. The van der Waals surface area contributed by atoms with Gasteiger partial charge in [-0.15, -0.1) is 0 Å². The van der Waals surface area contributed by atoms with Crippen molar-refractivity contribution in [2.45, 2.75) is 33.3 Å². The predicted octanol–water partition coefficient (Wildman–Crippen LogP) is 3.73. The monoisotopic (exact) mass is 520 g/mol. The number of aromatic nitrogens is 1. The molecule has 0 atom stereocenters. The number of aryl methyl sites for hydroxylation is 1. The fourth-order valence-corrected chi connectivity index (χ4v) is 4.30. The van der Waals surface area contributed by atoms with Crippen molar-refractivity contribution in [1.29, 1.82) is 0 Å². The maximum Gasteiger partial charge on any atom is 0.326 e. The quantitative estimate of drug-likeness (QED) is 0.260. The molecule has 0 spiro atoms. The molecule has 2 aromatic carbocycles. The zero-order chi connectivity index (χ0) is 27.6. The number of carbonyl (C=O) groups excluding carboxylic acids is 3. The van der Waals surface area contributed by atoms with Crippen molar-refractivity contribution in [1.82, 2.24) is 10.3 Å². The fourth-order valence-electron chi connectivity index (χ4n) is 4.30. The van der Waals surface area contributed by atoms with Crippen LogP contribution in [0.5, 0.6) is 0 Å². The van der Waals surface area contributed by atoms with Gasteiger partial charge in [-0.2, -0.15) is 0 Å². The Bertz CT molecular complexity index is 1510. The third kappa shape index (κ3) is 5.47. The zero-order valence-corrected chi connectivity index (χ0v) is 20.6. The van der Waals surface area contributed by atoms with E-state index in [0.29, 0.717) is 28.9 Å². The molecular weight excluding hydrogens is 495 g/mol. The molecular formula is C27H25FN4O6. The van der Waals surface area contributed by atoms with E-state index in [1.807, 2.05) is 19.2 Å². The Morgan fingerprint density at radius 2 is 1.87 bits per heavy atom. The minimum absolute atomic E-state index is 0.00124. The number of fused-ring (bicyclic) bond motifs is 1. The predicted molar refractivity (Wildman–Crippen MR) is 138 cm³/mol. The highest BCUT2D eigenvalue weighted by Gasteiger charge is 2.26. The maximum absolute atomic E-state index is 14.1. The topological polar surface area (TPSA) is 161 Å². The van der Waals surface area contributed by atoms with E-state index in [4.69, 9.17) is 10.2 Å². The first-order valence-corrected chi connectivity index (χ1v) is 11.7. The number of aliphatic hydroxyl groups excluding tert-OH is 1. The van der Waals surface area contributed by atoms with Crippen LogP contribution in [-0.4, -0.2) is 39.0 Å². The van der Waals surface area contributed by atoms with Crippen LogP contribution < -0.4 is 16.0 Å². The number of nitrogens with one attached hydrogen (secondary N) is 4. The standard InChI is InChI=1S/C27H25FN4O6/c1-13-17(7-8-24(34)35)14(2)29-22(13)11-20-18-6-4-16(10-23(18)31-26(20)37)30-27(38)32-25(36)19-5-3-15(12-33)9-21(19)28/h3-6,9-11,29,33H,7-8,12H2,1-2H3,(H,31,37)(H,34,35)(H2,30,32,36,38)/b20-11-. The first-order chi connectivity index (χ1) is 18.1. The largest absolute Gasteiger partial charge is 0.481 e. The number of carbonyl (C=O) groups is 4. The minimum atomic E-state index is -0.955.